The molecule has 8 heteroatoms. The maximum atomic E-state index is 13.2. The second-order valence-electron chi connectivity index (χ2n) is 8.31. The lowest BCUT2D eigenvalue weighted by Gasteiger charge is -2.29. The van der Waals surface area contributed by atoms with Crippen LogP contribution in [0.5, 0.6) is 5.95 Å². The highest BCUT2D eigenvalue weighted by atomic mass is 35.5. The van der Waals surface area contributed by atoms with Gasteiger partial charge in [-0.15, -0.1) is 0 Å². The van der Waals surface area contributed by atoms with E-state index in [1.165, 1.54) is 6.07 Å². The van der Waals surface area contributed by atoms with Gasteiger partial charge in [0.15, 0.2) is 0 Å². The number of nitriles is 1. The van der Waals surface area contributed by atoms with Crippen LogP contribution in [0, 0.1) is 11.3 Å². The molecule has 0 bridgehead atoms. The summed E-state index contributed by atoms with van der Waals surface area (Å²) in [7, 11) is 0. The largest absolute Gasteiger partial charge is 0.393 e. The molecule has 0 spiro atoms. The van der Waals surface area contributed by atoms with E-state index in [2.05, 4.69) is 21.3 Å². The number of rotatable bonds is 9. The Labute approximate surface area is 197 Å². The standard InChI is InChI=1S/C25H24ClN3O4/c1-16(28-24(31)25(2,3)22-13-23(32-15-30)33-29-22)21(12-17-7-9-20(26)10-8-17)19-6-4-5-18(11-19)14-27/h4-11,13,15-16,21H,12H2,1-3H3,(H,28,31)/t16-,21+/m0/s1. The van der Waals surface area contributed by atoms with E-state index in [4.69, 9.17) is 16.1 Å². The quantitative estimate of drug-likeness (QED) is 0.465. The van der Waals surface area contributed by atoms with Gasteiger partial charge in [-0.2, -0.15) is 5.26 Å². The van der Waals surface area contributed by atoms with Gasteiger partial charge in [0.2, 0.25) is 5.91 Å². The number of aromatic nitrogens is 1. The van der Waals surface area contributed by atoms with Gasteiger partial charge in [-0.25, -0.2) is 0 Å². The first-order valence-corrected chi connectivity index (χ1v) is 10.8. The van der Waals surface area contributed by atoms with Crippen LogP contribution in [0.2, 0.25) is 5.02 Å². The molecule has 0 aliphatic carbocycles. The molecule has 33 heavy (non-hydrogen) atoms. The van der Waals surface area contributed by atoms with Crippen LogP contribution in [0.1, 0.15) is 49.1 Å². The van der Waals surface area contributed by atoms with Crippen molar-refractivity contribution in [2.75, 3.05) is 0 Å². The van der Waals surface area contributed by atoms with E-state index in [-0.39, 0.29) is 30.3 Å². The van der Waals surface area contributed by atoms with Gasteiger partial charge in [0.1, 0.15) is 5.69 Å². The summed E-state index contributed by atoms with van der Waals surface area (Å²) in [5.41, 5.74) is 1.85. The number of carbonyl (C=O) groups excluding carboxylic acids is 2. The Morgan fingerprint density at radius 3 is 2.67 bits per heavy atom. The first-order valence-electron chi connectivity index (χ1n) is 10.4. The van der Waals surface area contributed by atoms with E-state index < -0.39 is 5.41 Å². The summed E-state index contributed by atoms with van der Waals surface area (Å²) in [5.74, 6) is -0.452. The fourth-order valence-electron chi connectivity index (χ4n) is 3.56. The molecular weight excluding hydrogens is 442 g/mol. The molecule has 0 saturated carbocycles. The van der Waals surface area contributed by atoms with Crippen LogP contribution < -0.4 is 10.1 Å². The minimum absolute atomic E-state index is 0.0807. The maximum absolute atomic E-state index is 13.2. The average molecular weight is 466 g/mol. The number of carbonyl (C=O) groups is 2. The van der Waals surface area contributed by atoms with Gasteiger partial charge in [0.05, 0.1) is 17.0 Å². The third-order valence-electron chi connectivity index (χ3n) is 5.64. The third-order valence-corrected chi connectivity index (χ3v) is 5.89. The van der Waals surface area contributed by atoms with Gasteiger partial charge < -0.3 is 14.6 Å². The number of hydrogen-bond donors (Lipinski definition) is 1. The molecule has 0 unspecified atom stereocenters. The van der Waals surface area contributed by atoms with Gasteiger partial charge >= 0.3 is 12.4 Å². The SMILES string of the molecule is C[C@H](NC(=O)C(C)(C)c1cc(OC=O)on1)[C@@H](Cc1ccc(Cl)cc1)c1cccc(C#N)c1. The Morgan fingerprint density at radius 1 is 1.27 bits per heavy atom. The van der Waals surface area contributed by atoms with Crippen molar-refractivity contribution in [1.29, 1.82) is 5.26 Å². The first kappa shape index (κ1) is 24.0. The van der Waals surface area contributed by atoms with Gasteiger partial charge in [-0.3, -0.25) is 9.59 Å². The van der Waals surface area contributed by atoms with Crippen LogP contribution in [0.15, 0.2) is 59.1 Å². The highest BCUT2D eigenvalue weighted by Gasteiger charge is 2.35. The molecule has 1 N–H and O–H groups in total. The number of hydrogen-bond acceptors (Lipinski definition) is 6. The molecule has 7 nitrogen and oxygen atoms in total. The summed E-state index contributed by atoms with van der Waals surface area (Å²) in [4.78, 5) is 23.7. The van der Waals surface area contributed by atoms with E-state index >= 15 is 0 Å². The lowest BCUT2D eigenvalue weighted by atomic mass is 9.84. The topological polar surface area (TPSA) is 105 Å². The van der Waals surface area contributed by atoms with Crippen molar-refractivity contribution in [3.05, 3.63) is 82.0 Å². The Morgan fingerprint density at radius 2 is 2.00 bits per heavy atom. The minimum Gasteiger partial charge on any atom is -0.393 e. The molecule has 0 radical (unpaired) electrons. The number of ether oxygens (including phenoxy) is 1. The minimum atomic E-state index is -1.04. The summed E-state index contributed by atoms with van der Waals surface area (Å²) in [6.45, 7) is 5.58. The molecule has 170 valence electrons. The van der Waals surface area contributed by atoms with Crippen molar-refractivity contribution in [2.24, 2.45) is 0 Å². The Balaban J connectivity index is 1.85. The zero-order valence-corrected chi connectivity index (χ0v) is 19.3. The van der Waals surface area contributed by atoms with Crippen molar-refractivity contribution < 1.29 is 18.8 Å². The van der Waals surface area contributed by atoms with E-state index in [1.807, 2.05) is 49.4 Å². The summed E-state index contributed by atoms with van der Waals surface area (Å²) in [5, 5.41) is 16.9. The number of halogens is 1. The Kier molecular flexibility index (Phi) is 7.52. The lowest BCUT2D eigenvalue weighted by Crippen LogP contribution is -2.46. The first-order chi connectivity index (χ1) is 15.7. The number of nitrogens with zero attached hydrogens (tertiary/aromatic N) is 2. The van der Waals surface area contributed by atoms with E-state index in [9.17, 15) is 14.9 Å². The molecule has 3 rings (SSSR count). The van der Waals surface area contributed by atoms with Crippen LogP contribution in [-0.4, -0.2) is 23.6 Å². The fraction of sp³-hybridized carbons (Fsp3) is 0.280. The highest BCUT2D eigenvalue weighted by molar-refractivity contribution is 6.30. The number of benzene rings is 2. The summed E-state index contributed by atoms with van der Waals surface area (Å²) in [6, 6.07) is 18.3. The van der Waals surface area contributed by atoms with Crippen LogP contribution in [0.4, 0.5) is 0 Å². The molecule has 1 heterocycles. The molecule has 2 aromatic carbocycles. The number of amides is 1. The predicted octanol–water partition coefficient (Wildman–Crippen LogP) is 4.54. The van der Waals surface area contributed by atoms with E-state index in [0.717, 1.165) is 11.1 Å². The molecule has 0 aliphatic rings. The Bertz CT molecular complexity index is 1160. The normalized spacial score (nSPS) is 12.9. The van der Waals surface area contributed by atoms with Crippen LogP contribution in [0.25, 0.3) is 0 Å². The van der Waals surface area contributed by atoms with E-state index in [0.29, 0.717) is 22.7 Å². The summed E-state index contributed by atoms with van der Waals surface area (Å²) in [6.07, 6.45) is 0.634. The Hall–Kier alpha value is -3.63. The van der Waals surface area contributed by atoms with Crippen molar-refractivity contribution in [2.45, 2.75) is 44.6 Å². The van der Waals surface area contributed by atoms with Gasteiger partial charge in [-0.05, 0) is 62.6 Å². The van der Waals surface area contributed by atoms with Crippen molar-refractivity contribution >= 4 is 24.0 Å². The van der Waals surface area contributed by atoms with Gasteiger partial charge in [-0.1, -0.05) is 41.0 Å². The number of nitrogens with one attached hydrogen (secondary N) is 1. The molecule has 3 aromatic rings. The van der Waals surface area contributed by atoms with Crippen LogP contribution in [-0.2, 0) is 21.4 Å². The molecule has 1 amide bonds. The second kappa shape index (κ2) is 10.3. The van der Waals surface area contributed by atoms with Crippen LogP contribution >= 0.6 is 11.6 Å². The van der Waals surface area contributed by atoms with Crippen LogP contribution in [0.3, 0.4) is 0 Å². The zero-order chi connectivity index (χ0) is 24.0. The van der Waals surface area contributed by atoms with Gasteiger partial charge in [0, 0.05) is 23.0 Å². The maximum Gasteiger partial charge on any atom is 0.318 e. The molecule has 0 aliphatic heterocycles. The second-order valence-corrected chi connectivity index (χ2v) is 8.74. The fourth-order valence-corrected chi connectivity index (χ4v) is 3.68. The van der Waals surface area contributed by atoms with Crippen molar-refractivity contribution in [3.63, 3.8) is 0 Å². The lowest BCUT2D eigenvalue weighted by molar-refractivity contribution is -0.126. The molecule has 0 saturated heterocycles. The molecule has 0 fully saturated rings. The third kappa shape index (κ3) is 5.79. The smallest absolute Gasteiger partial charge is 0.318 e. The monoisotopic (exact) mass is 465 g/mol. The molecule has 1 aromatic heterocycles. The highest BCUT2D eigenvalue weighted by Crippen LogP contribution is 2.29. The van der Waals surface area contributed by atoms with E-state index in [1.54, 1.807) is 19.9 Å². The summed E-state index contributed by atoms with van der Waals surface area (Å²) < 4.78 is 9.61. The van der Waals surface area contributed by atoms with Crippen molar-refractivity contribution in [3.8, 4) is 12.0 Å². The molecule has 2 atom stereocenters. The summed E-state index contributed by atoms with van der Waals surface area (Å²) >= 11 is 6.03. The van der Waals surface area contributed by atoms with Crippen molar-refractivity contribution in [1.82, 2.24) is 10.5 Å². The zero-order valence-electron chi connectivity index (χ0n) is 18.5. The predicted molar refractivity (Wildman–Crippen MR) is 123 cm³/mol. The molecular formula is C25H24ClN3O4. The van der Waals surface area contributed by atoms with Gasteiger partial charge in [0.25, 0.3) is 0 Å². The average Bonchev–Trinajstić information content (AvgIpc) is 3.28.